The smallest absolute Gasteiger partial charge is 0.255 e. The normalized spacial score (nSPS) is 26.1. The van der Waals surface area contributed by atoms with E-state index in [-0.39, 0.29) is 29.7 Å². The number of phenols is 1. The predicted molar refractivity (Wildman–Crippen MR) is 150 cm³/mol. The lowest BCUT2D eigenvalue weighted by atomic mass is 9.57. The number of hydrogen-bond donors (Lipinski definition) is 6. The van der Waals surface area contributed by atoms with Crippen LogP contribution in [0.25, 0.3) is 5.76 Å². The molecule has 0 aromatic heterocycles. The number of nitrogens with two attached hydrogens (primary N) is 1. The van der Waals surface area contributed by atoms with Crippen molar-refractivity contribution >= 4 is 28.9 Å². The number of benzene rings is 1. The van der Waals surface area contributed by atoms with Crippen LogP contribution in [0, 0.1) is 11.8 Å². The Morgan fingerprint density at radius 1 is 1.15 bits per heavy atom. The molecule has 40 heavy (non-hydrogen) atoms. The summed E-state index contributed by atoms with van der Waals surface area (Å²) in [5.74, 6) is -6.55. The number of nitrogens with one attached hydrogen (secondary N) is 1. The van der Waals surface area contributed by atoms with Crippen molar-refractivity contribution in [2.45, 2.75) is 57.2 Å². The summed E-state index contributed by atoms with van der Waals surface area (Å²) in [6.07, 6.45) is 3.54. The second-order valence-corrected chi connectivity index (χ2v) is 11.5. The number of carbonyl (C=O) groups excluding carboxylic acids is 3. The van der Waals surface area contributed by atoms with Gasteiger partial charge in [0.25, 0.3) is 5.91 Å². The first-order chi connectivity index (χ1) is 18.8. The van der Waals surface area contributed by atoms with Crippen LogP contribution in [-0.2, 0) is 27.3 Å². The van der Waals surface area contributed by atoms with Gasteiger partial charge in [-0.3, -0.25) is 19.3 Å². The van der Waals surface area contributed by atoms with E-state index in [9.17, 15) is 34.8 Å². The summed E-state index contributed by atoms with van der Waals surface area (Å²) in [4.78, 5) is 42.7. The Hall–Kier alpha value is -3.41. The number of primary amides is 1. The summed E-state index contributed by atoms with van der Waals surface area (Å²) >= 11 is 0. The van der Waals surface area contributed by atoms with E-state index in [4.69, 9.17) is 5.73 Å². The van der Waals surface area contributed by atoms with Gasteiger partial charge in [0.2, 0.25) is 5.78 Å². The molecule has 3 aliphatic rings. The van der Waals surface area contributed by atoms with E-state index in [2.05, 4.69) is 12.2 Å². The molecule has 0 saturated heterocycles. The number of Topliss-reactive ketones (excluding diaryl/α,β-unsaturated/α-hetero) is 2. The third-order valence-corrected chi connectivity index (χ3v) is 8.49. The average Bonchev–Trinajstić information content (AvgIpc) is 2.85. The maximum absolute atomic E-state index is 14.0. The number of nitrogens with zero attached hydrogens (tertiary/aromatic N) is 2. The van der Waals surface area contributed by atoms with Crippen molar-refractivity contribution in [1.82, 2.24) is 10.2 Å². The molecule has 0 unspecified atom stereocenters. The zero-order valence-electron chi connectivity index (χ0n) is 23.7. The molecule has 4 atom stereocenters. The molecule has 1 aromatic rings. The molecule has 0 heterocycles. The Morgan fingerprint density at radius 2 is 1.82 bits per heavy atom. The quantitative estimate of drug-likeness (QED) is 0.192. The molecule has 1 amide bonds. The molecule has 3 aliphatic carbocycles. The Morgan fingerprint density at radius 3 is 2.40 bits per heavy atom. The largest absolute Gasteiger partial charge is 0.508 e. The van der Waals surface area contributed by atoms with Gasteiger partial charge < -0.3 is 36.4 Å². The number of rotatable bonds is 9. The van der Waals surface area contributed by atoms with Crippen LogP contribution in [0.1, 0.15) is 49.3 Å². The van der Waals surface area contributed by atoms with Crippen molar-refractivity contribution in [3.8, 4) is 5.75 Å². The Bertz CT molecular complexity index is 1320. The van der Waals surface area contributed by atoms with Gasteiger partial charge in [0.05, 0.1) is 11.6 Å². The second-order valence-electron chi connectivity index (χ2n) is 11.5. The van der Waals surface area contributed by atoms with Crippen LogP contribution in [-0.4, -0.2) is 89.2 Å². The Kier molecular flexibility index (Phi) is 8.04. The lowest BCUT2D eigenvalue weighted by Crippen LogP contribution is -2.65. The van der Waals surface area contributed by atoms with Crippen LogP contribution < -0.4 is 16.0 Å². The number of fused-ring (bicyclic) bond motifs is 3. The molecule has 7 N–H and O–H groups in total. The summed E-state index contributed by atoms with van der Waals surface area (Å²) in [6, 6.07) is 0.449. The number of hydrogen-bond acceptors (Lipinski definition) is 10. The number of ketones is 2. The number of phenolic OH excluding ortho intramolecular Hbond substituents is 1. The molecule has 0 radical (unpaired) electrons. The minimum atomic E-state index is -2.65. The van der Waals surface area contributed by atoms with Gasteiger partial charge in [-0.05, 0) is 63.0 Å². The van der Waals surface area contributed by atoms with Crippen molar-refractivity contribution in [2.75, 3.05) is 39.6 Å². The molecular weight excluding hydrogens is 516 g/mol. The fraction of sp³-hybridized carbons (Fsp3) is 0.552. The molecule has 0 aliphatic heterocycles. The molecule has 4 rings (SSSR count). The van der Waals surface area contributed by atoms with Gasteiger partial charge in [-0.2, -0.15) is 0 Å². The summed E-state index contributed by atoms with van der Waals surface area (Å²) in [7, 11) is 6.89. The summed E-state index contributed by atoms with van der Waals surface area (Å²) in [5, 5.41) is 48.6. The maximum Gasteiger partial charge on any atom is 0.255 e. The van der Waals surface area contributed by atoms with E-state index in [1.54, 1.807) is 20.2 Å². The van der Waals surface area contributed by atoms with Gasteiger partial charge in [-0.15, -0.1) is 0 Å². The fourth-order valence-corrected chi connectivity index (χ4v) is 6.78. The van der Waals surface area contributed by atoms with Gasteiger partial charge in [-0.25, -0.2) is 0 Å². The number of aromatic hydroxyl groups is 1. The van der Waals surface area contributed by atoms with E-state index in [1.807, 2.05) is 19.0 Å². The van der Waals surface area contributed by atoms with E-state index in [0.717, 1.165) is 37.1 Å². The molecule has 218 valence electrons. The van der Waals surface area contributed by atoms with Crippen LogP contribution >= 0.6 is 0 Å². The number of anilines is 1. The minimum absolute atomic E-state index is 0.0545. The molecule has 11 nitrogen and oxygen atoms in total. The average molecular weight is 557 g/mol. The highest BCUT2D eigenvalue weighted by Crippen LogP contribution is 2.54. The van der Waals surface area contributed by atoms with Crippen molar-refractivity contribution in [3.05, 3.63) is 39.7 Å². The van der Waals surface area contributed by atoms with Crippen molar-refractivity contribution in [1.29, 1.82) is 0 Å². The number of aliphatic hydroxyl groups is 3. The number of amides is 1. The molecular formula is C29H40N4O7. The van der Waals surface area contributed by atoms with Gasteiger partial charge in [-0.1, -0.05) is 19.8 Å². The predicted octanol–water partition coefficient (Wildman–Crippen LogP) is 1.31. The SMILES string of the molecule is CCCCCNCc1cc(O)c2c(c1N(C)C)C[C@H]1C[C@H]3[C@H](N(C)C)C(=O)C(C(N)=O)=C(O)[C@@]3(O)C(=O)C1=C2O. The van der Waals surface area contributed by atoms with Crippen LogP contribution in [0.2, 0.25) is 0 Å². The third kappa shape index (κ3) is 4.46. The highest BCUT2D eigenvalue weighted by atomic mass is 16.3. The lowest BCUT2D eigenvalue weighted by molar-refractivity contribution is -0.153. The summed E-state index contributed by atoms with van der Waals surface area (Å²) in [5.41, 5.74) is 4.13. The second kappa shape index (κ2) is 10.9. The maximum atomic E-state index is 14.0. The van der Waals surface area contributed by atoms with Gasteiger partial charge in [0.1, 0.15) is 22.8 Å². The van der Waals surface area contributed by atoms with E-state index in [1.165, 1.54) is 4.90 Å². The number of aliphatic hydroxyl groups excluding tert-OH is 2. The number of likely N-dealkylation sites (N-methyl/N-ethyl adjacent to an activating group) is 1. The first-order valence-corrected chi connectivity index (χ1v) is 13.7. The highest BCUT2D eigenvalue weighted by molar-refractivity contribution is 6.24. The lowest BCUT2D eigenvalue weighted by Gasteiger charge is -2.50. The summed E-state index contributed by atoms with van der Waals surface area (Å²) in [6.45, 7) is 3.44. The van der Waals surface area contributed by atoms with Gasteiger partial charge >= 0.3 is 0 Å². The third-order valence-electron chi connectivity index (χ3n) is 8.49. The first-order valence-electron chi connectivity index (χ1n) is 13.7. The first kappa shape index (κ1) is 29.6. The number of unbranched alkanes of at least 4 members (excludes halogenated alkanes) is 2. The number of carbonyl (C=O) groups is 3. The molecule has 1 fully saturated rings. The molecule has 0 spiro atoms. The molecule has 11 heteroatoms. The summed E-state index contributed by atoms with van der Waals surface area (Å²) < 4.78 is 0. The molecule has 0 bridgehead atoms. The topological polar surface area (TPSA) is 177 Å². The monoisotopic (exact) mass is 556 g/mol. The van der Waals surface area contributed by atoms with Gasteiger partial charge in [0, 0.05) is 37.8 Å². The van der Waals surface area contributed by atoms with E-state index in [0.29, 0.717) is 12.1 Å². The standard InChI is InChI=1S/C29H40N4O7/c1-6-7-8-9-31-13-15-12-18(34)20-16(22(15)32(2)3)10-14-11-17-23(33(4)5)25(36)21(28(30)39)27(38)29(17,40)26(37)19(14)24(20)35/h12,14,17,23,31,34-35,38,40H,6-11,13H2,1-5H3,(H2,30,39)/t14-,17-,23-,29-/m0/s1. The van der Waals surface area contributed by atoms with Crippen LogP contribution in [0.3, 0.4) is 0 Å². The fourth-order valence-electron chi connectivity index (χ4n) is 6.78. The zero-order chi connectivity index (χ0) is 29.7. The van der Waals surface area contributed by atoms with Crippen LogP contribution in [0.4, 0.5) is 5.69 Å². The van der Waals surface area contributed by atoms with Crippen LogP contribution in [0.5, 0.6) is 5.75 Å². The van der Waals surface area contributed by atoms with Crippen molar-refractivity contribution in [3.63, 3.8) is 0 Å². The van der Waals surface area contributed by atoms with E-state index < -0.39 is 58.0 Å². The minimum Gasteiger partial charge on any atom is -0.508 e. The Labute approximate surface area is 233 Å². The molecule has 1 aromatic carbocycles. The molecule has 1 saturated carbocycles. The van der Waals surface area contributed by atoms with Crippen molar-refractivity contribution in [2.24, 2.45) is 17.6 Å². The van der Waals surface area contributed by atoms with E-state index >= 15 is 0 Å². The van der Waals surface area contributed by atoms with Crippen molar-refractivity contribution < 1.29 is 34.8 Å². The van der Waals surface area contributed by atoms with Crippen LogP contribution in [0.15, 0.2) is 23.0 Å². The zero-order valence-corrected chi connectivity index (χ0v) is 23.7. The Balaban J connectivity index is 1.87. The highest BCUT2D eigenvalue weighted by Gasteiger charge is 2.64. The van der Waals surface area contributed by atoms with Gasteiger partial charge in [0.15, 0.2) is 11.4 Å².